The monoisotopic (exact) mass is 292 g/mol. The third kappa shape index (κ3) is 3.35. The summed E-state index contributed by atoms with van der Waals surface area (Å²) in [7, 11) is 1.31. The molecule has 0 N–H and O–H groups in total. The molecule has 2 aromatic rings. The van der Waals surface area contributed by atoms with Crippen molar-refractivity contribution in [1.82, 2.24) is 5.16 Å². The molecule has 0 bridgehead atoms. The number of rotatable bonds is 5. The summed E-state index contributed by atoms with van der Waals surface area (Å²) in [6, 6.07) is 5.47. The topological polar surface area (TPSA) is 105 Å². The standard InChI is InChI=1S/C13H12N2O6/c1-8-5-10(14-21-8)7-20-13(16)9-3-4-12(19-2)11(6-9)15(17)18/h3-6H,7H2,1-2H3. The van der Waals surface area contributed by atoms with Crippen molar-refractivity contribution in [2.45, 2.75) is 13.5 Å². The van der Waals surface area contributed by atoms with Gasteiger partial charge in [-0.3, -0.25) is 10.1 Å². The van der Waals surface area contributed by atoms with Gasteiger partial charge in [-0.25, -0.2) is 4.79 Å². The number of esters is 1. The van der Waals surface area contributed by atoms with E-state index in [1.807, 2.05) is 0 Å². The van der Waals surface area contributed by atoms with Gasteiger partial charge in [-0.1, -0.05) is 5.16 Å². The van der Waals surface area contributed by atoms with Gasteiger partial charge in [-0.15, -0.1) is 0 Å². The van der Waals surface area contributed by atoms with Gasteiger partial charge in [0, 0.05) is 12.1 Å². The van der Waals surface area contributed by atoms with E-state index in [-0.39, 0.29) is 23.6 Å². The van der Waals surface area contributed by atoms with Gasteiger partial charge in [-0.05, 0) is 19.1 Å². The normalized spacial score (nSPS) is 10.2. The maximum Gasteiger partial charge on any atom is 0.338 e. The van der Waals surface area contributed by atoms with E-state index < -0.39 is 10.9 Å². The van der Waals surface area contributed by atoms with Crippen LogP contribution in [0.4, 0.5) is 5.69 Å². The molecule has 8 nitrogen and oxygen atoms in total. The van der Waals surface area contributed by atoms with Crippen LogP contribution in [0, 0.1) is 17.0 Å². The maximum atomic E-state index is 11.9. The zero-order chi connectivity index (χ0) is 15.4. The third-order valence-corrected chi connectivity index (χ3v) is 2.64. The van der Waals surface area contributed by atoms with Crippen LogP contribution in [0.1, 0.15) is 21.8 Å². The van der Waals surface area contributed by atoms with Crippen LogP contribution in [-0.4, -0.2) is 23.2 Å². The molecule has 21 heavy (non-hydrogen) atoms. The fourth-order valence-electron chi connectivity index (χ4n) is 1.67. The van der Waals surface area contributed by atoms with Crippen LogP contribution in [0.5, 0.6) is 5.75 Å². The first-order valence-electron chi connectivity index (χ1n) is 5.93. The van der Waals surface area contributed by atoms with Gasteiger partial charge in [0.25, 0.3) is 0 Å². The number of aryl methyl sites for hydroxylation is 1. The van der Waals surface area contributed by atoms with Gasteiger partial charge in [-0.2, -0.15) is 0 Å². The summed E-state index contributed by atoms with van der Waals surface area (Å²) >= 11 is 0. The Labute approximate surface area is 119 Å². The van der Waals surface area contributed by atoms with Gasteiger partial charge in [0.05, 0.1) is 17.6 Å². The fourth-order valence-corrected chi connectivity index (χ4v) is 1.67. The lowest BCUT2D eigenvalue weighted by atomic mass is 10.2. The van der Waals surface area contributed by atoms with E-state index in [4.69, 9.17) is 14.0 Å². The molecule has 2 rings (SSSR count). The van der Waals surface area contributed by atoms with Gasteiger partial charge in [0.15, 0.2) is 5.75 Å². The summed E-state index contributed by atoms with van der Waals surface area (Å²) in [5, 5.41) is 14.6. The number of benzene rings is 1. The SMILES string of the molecule is COc1ccc(C(=O)OCc2cc(C)on2)cc1[N+](=O)[O-]. The zero-order valence-corrected chi connectivity index (χ0v) is 11.4. The van der Waals surface area contributed by atoms with E-state index >= 15 is 0 Å². The molecule has 1 aromatic heterocycles. The molecular formula is C13H12N2O6. The molecule has 0 saturated heterocycles. The maximum absolute atomic E-state index is 11.9. The Bertz CT molecular complexity index is 679. The minimum atomic E-state index is -0.693. The summed E-state index contributed by atoms with van der Waals surface area (Å²) in [5.74, 6) is -0.0220. The predicted octanol–water partition coefficient (Wildman–Crippen LogP) is 2.26. The van der Waals surface area contributed by atoms with E-state index in [1.54, 1.807) is 13.0 Å². The average molecular weight is 292 g/mol. The molecule has 0 amide bonds. The van der Waals surface area contributed by atoms with E-state index in [0.29, 0.717) is 11.5 Å². The average Bonchev–Trinajstić information content (AvgIpc) is 2.89. The van der Waals surface area contributed by atoms with Crippen LogP contribution in [0.3, 0.4) is 0 Å². The smallest absolute Gasteiger partial charge is 0.338 e. The summed E-state index contributed by atoms with van der Waals surface area (Å²) in [4.78, 5) is 22.1. The number of aromatic nitrogens is 1. The Morgan fingerprint density at radius 2 is 2.19 bits per heavy atom. The second-order valence-corrected chi connectivity index (χ2v) is 4.15. The first-order valence-corrected chi connectivity index (χ1v) is 5.93. The fraction of sp³-hybridized carbons (Fsp3) is 0.231. The van der Waals surface area contributed by atoms with Crippen molar-refractivity contribution in [2.24, 2.45) is 0 Å². The quantitative estimate of drug-likeness (QED) is 0.472. The van der Waals surface area contributed by atoms with E-state index in [2.05, 4.69) is 5.16 Å². The molecule has 8 heteroatoms. The molecular weight excluding hydrogens is 280 g/mol. The molecule has 0 aliphatic carbocycles. The molecule has 0 radical (unpaired) electrons. The summed E-state index contributed by atoms with van der Waals surface area (Å²) in [6.07, 6.45) is 0. The van der Waals surface area contributed by atoms with Crippen LogP contribution >= 0.6 is 0 Å². The zero-order valence-electron chi connectivity index (χ0n) is 11.4. The number of carbonyl (C=O) groups is 1. The highest BCUT2D eigenvalue weighted by atomic mass is 16.6. The molecule has 0 saturated carbocycles. The van der Waals surface area contributed by atoms with Gasteiger partial charge in [0.2, 0.25) is 0 Å². The summed E-state index contributed by atoms with van der Waals surface area (Å²) in [6.45, 7) is 1.64. The first-order chi connectivity index (χ1) is 10.0. The van der Waals surface area contributed by atoms with Crippen molar-refractivity contribution in [3.63, 3.8) is 0 Å². The number of hydrogen-bond acceptors (Lipinski definition) is 7. The summed E-state index contributed by atoms with van der Waals surface area (Å²) < 4.78 is 14.7. The van der Waals surface area contributed by atoms with Crippen LogP contribution in [-0.2, 0) is 11.3 Å². The molecule has 1 aromatic carbocycles. The highest BCUT2D eigenvalue weighted by molar-refractivity contribution is 5.90. The molecule has 0 atom stereocenters. The number of ether oxygens (including phenoxy) is 2. The van der Waals surface area contributed by atoms with Gasteiger partial charge in [0.1, 0.15) is 18.1 Å². The van der Waals surface area contributed by atoms with Crippen LogP contribution < -0.4 is 4.74 Å². The first kappa shape index (κ1) is 14.5. The van der Waals surface area contributed by atoms with E-state index in [0.717, 1.165) is 6.07 Å². The Morgan fingerprint density at radius 1 is 1.43 bits per heavy atom. The molecule has 0 spiro atoms. The van der Waals surface area contributed by atoms with Crippen molar-refractivity contribution in [3.05, 3.63) is 51.4 Å². The molecule has 0 fully saturated rings. The van der Waals surface area contributed by atoms with E-state index in [1.165, 1.54) is 19.2 Å². The number of carbonyl (C=O) groups excluding carboxylic acids is 1. The Kier molecular flexibility index (Phi) is 4.17. The minimum Gasteiger partial charge on any atom is -0.490 e. The molecule has 0 aliphatic rings. The second-order valence-electron chi connectivity index (χ2n) is 4.15. The number of methoxy groups -OCH3 is 1. The third-order valence-electron chi connectivity index (χ3n) is 2.64. The Hall–Kier alpha value is -2.90. The largest absolute Gasteiger partial charge is 0.490 e. The van der Waals surface area contributed by atoms with Crippen molar-refractivity contribution < 1.29 is 23.7 Å². The molecule has 110 valence electrons. The highest BCUT2D eigenvalue weighted by Crippen LogP contribution is 2.27. The van der Waals surface area contributed by atoms with E-state index in [9.17, 15) is 14.9 Å². The minimum absolute atomic E-state index is 0.0581. The predicted molar refractivity (Wildman–Crippen MR) is 70.0 cm³/mol. The van der Waals surface area contributed by atoms with Crippen molar-refractivity contribution in [3.8, 4) is 5.75 Å². The lowest BCUT2D eigenvalue weighted by Crippen LogP contribution is -2.06. The van der Waals surface area contributed by atoms with Crippen molar-refractivity contribution >= 4 is 11.7 Å². The van der Waals surface area contributed by atoms with Gasteiger partial charge < -0.3 is 14.0 Å². The summed E-state index contributed by atoms with van der Waals surface area (Å²) in [5.41, 5.74) is 0.218. The second kappa shape index (κ2) is 6.04. The van der Waals surface area contributed by atoms with Crippen LogP contribution in [0.2, 0.25) is 0 Å². The van der Waals surface area contributed by atoms with Crippen LogP contribution in [0.25, 0.3) is 0 Å². The number of nitro groups is 1. The Balaban J connectivity index is 2.12. The molecule has 1 heterocycles. The van der Waals surface area contributed by atoms with Gasteiger partial charge >= 0.3 is 11.7 Å². The van der Waals surface area contributed by atoms with Crippen molar-refractivity contribution in [2.75, 3.05) is 7.11 Å². The lowest BCUT2D eigenvalue weighted by molar-refractivity contribution is -0.385. The van der Waals surface area contributed by atoms with Crippen LogP contribution in [0.15, 0.2) is 28.8 Å². The lowest BCUT2D eigenvalue weighted by Gasteiger charge is -2.05. The molecule has 0 unspecified atom stereocenters. The van der Waals surface area contributed by atoms with Crippen molar-refractivity contribution in [1.29, 1.82) is 0 Å². The number of nitro benzene ring substituents is 1. The number of nitrogens with zero attached hydrogens (tertiary/aromatic N) is 2. The molecule has 0 aliphatic heterocycles. The highest BCUT2D eigenvalue weighted by Gasteiger charge is 2.19. The number of hydrogen-bond donors (Lipinski definition) is 0. The Morgan fingerprint density at radius 3 is 2.76 bits per heavy atom.